The van der Waals surface area contributed by atoms with E-state index in [9.17, 15) is 9.59 Å². The summed E-state index contributed by atoms with van der Waals surface area (Å²) in [4.78, 5) is 21.6. The number of benzene rings is 1. The zero-order valence-corrected chi connectivity index (χ0v) is 10.2. The van der Waals surface area contributed by atoms with Gasteiger partial charge in [0.05, 0.1) is 20.1 Å². The van der Waals surface area contributed by atoms with E-state index in [2.05, 4.69) is 4.74 Å². The smallest absolute Gasteiger partial charge is 0.308 e. The molecule has 0 saturated carbocycles. The second kappa shape index (κ2) is 8.38. The maximum Gasteiger partial charge on any atom is 0.308 e. The molecule has 0 saturated heterocycles. The number of aldehydes is 1. The Morgan fingerprint density at radius 3 is 2.67 bits per heavy atom. The Kier molecular flexibility index (Phi) is 6.68. The number of ether oxygens (including phenoxy) is 3. The lowest BCUT2D eigenvalue weighted by Crippen LogP contribution is -2.21. The number of carbonyl (C=O) groups excluding carboxylic acids is 2. The van der Waals surface area contributed by atoms with Crippen molar-refractivity contribution >= 4 is 12.3 Å². The van der Waals surface area contributed by atoms with Gasteiger partial charge in [-0.05, 0) is 5.56 Å². The lowest BCUT2D eigenvalue weighted by atomic mass is 10.2. The lowest BCUT2D eigenvalue weighted by molar-refractivity contribution is -0.151. The molecule has 1 atom stereocenters. The second-order valence-electron chi connectivity index (χ2n) is 3.57. The summed E-state index contributed by atoms with van der Waals surface area (Å²) in [6, 6.07) is 9.58. The first-order valence-corrected chi connectivity index (χ1v) is 5.51. The molecule has 0 N–H and O–H groups in total. The van der Waals surface area contributed by atoms with Crippen LogP contribution in [0.4, 0.5) is 0 Å². The van der Waals surface area contributed by atoms with Crippen LogP contribution in [0.5, 0.6) is 0 Å². The predicted molar refractivity (Wildman–Crippen MR) is 63.7 cm³/mol. The first kappa shape index (κ1) is 14.3. The summed E-state index contributed by atoms with van der Waals surface area (Å²) in [7, 11) is 1.26. The Morgan fingerprint density at radius 2 is 2.06 bits per heavy atom. The third-order valence-corrected chi connectivity index (χ3v) is 2.22. The number of hydrogen-bond donors (Lipinski definition) is 0. The van der Waals surface area contributed by atoms with Crippen molar-refractivity contribution in [2.45, 2.75) is 19.1 Å². The molecule has 0 amide bonds. The van der Waals surface area contributed by atoms with Crippen molar-refractivity contribution < 1.29 is 23.8 Å². The van der Waals surface area contributed by atoms with Crippen LogP contribution in [-0.4, -0.2) is 32.3 Å². The van der Waals surface area contributed by atoms with E-state index in [1.165, 1.54) is 7.11 Å². The molecule has 0 radical (unpaired) electrons. The van der Waals surface area contributed by atoms with E-state index < -0.39 is 12.1 Å². The summed E-state index contributed by atoms with van der Waals surface area (Å²) in [6.45, 7) is 0.347. The fourth-order valence-corrected chi connectivity index (χ4v) is 1.26. The van der Waals surface area contributed by atoms with Gasteiger partial charge in [0.2, 0.25) is 0 Å². The number of hydrogen-bond acceptors (Lipinski definition) is 5. The molecule has 0 aromatic heterocycles. The van der Waals surface area contributed by atoms with Crippen molar-refractivity contribution in [1.82, 2.24) is 0 Å². The van der Waals surface area contributed by atoms with Gasteiger partial charge >= 0.3 is 5.97 Å². The summed E-state index contributed by atoms with van der Waals surface area (Å²) in [5.74, 6) is -0.491. The third kappa shape index (κ3) is 5.56. The molecule has 0 heterocycles. The summed E-state index contributed by atoms with van der Waals surface area (Å²) in [5, 5.41) is 0. The van der Waals surface area contributed by atoms with Crippen molar-refractivity contribution in [3.05, 3.63) is 35.9 Å². The highest BCUT2D eigenvalue weighted by Crippen LogP contribution is 2.02. The minimum atomic E-state index is -0.826. The summed E-state index contributed by atoms with van der Waals surface area (Å²) < 4.78 is 14.8. The molecule has 0 bridgehead atoms. The third-order valence-electron chi connectivity index (χ3n) is 2.22. The van der Waals surface area contributed by atoms with Crippen LogP contribution in [0.15, 0.2) is 30.3 Å². The van der Waals surface area contributed by atoms with Gasteiger partial charge in [-0.25, -0.2) is 0 Å². The minimum absolute atomic E-state index is 0.0463. The maximum absolute atomic E-state index is 10.9. The van der Waals surface area contributed by atoms with Crippen LogP contribution in [0.3, 0.4) is 0 Å². The molecule has 5 heteroatoms. The van der Waals surface area contributed by atoms with E-state index in [0.717, 1.165) is 5.56 Å². The fraction of sp³-hybridized carbons (Fsp3) is 0.385. The van der Waals surface area contributed by atoms with Gasteiger partial charge in [-0.2, -0.15) is 0 Å². The van der Waals surface area contributed by atoms with Crippen molar-refractivity contribution in [3.63, 3.8) is 0 Å². The Balaban J connectivity index is 2.19. The predicted octanol–water partition coefficient (Wildman–Crippen LogP) is 1.31. The van der Waals surface area contributed by atoms with E-state index in [1.807, 2.05) is 30.3 Å². The molecule has 0 aliphatic rings. The molecule has 1 aromatic rings. The standard InChI is InChI=1S/C13H16O5/c1-16-13(15)7-12(8-14)18-10-17-9-11-5-3-2-4-6-11/h2-6,8,12H,7,9-10H2,1H3/t12-/m1/s1. The molecule has 0 fully saturated rings. The topological polar surface area (TPSA) is 61.8 Å². The van der Waals surface area contributed by atoms with Crippen LogP contribution in [0.1, 0.15) is 12.0 Å². The van der Waals surface area contributed by atoms with E-state index in [4.69, 9.17) is 9.47 Å². The molecular formula is C13H16O5. The Labute approximate surface area is 106 Å². The molecule has 1 rings (SSSR count). The largest absolute Gasteiger partial charge is 0.469 e. The average molecular weight is 252 g/mol. The van der Waals surface area contributed by atoms with Gasteiger partial charge < -0.3 is 19.0 Å². The minimum Gasteiger partial charge on any atom is -0.469 e. The van der Waals surface area contributed by atoms with E-state index in [1.54, 1.807) is 0 Å². The SMILES string of the molecule is COC(=O)C[C@H](C=O)OCOCc1ccccc1. The monoisotopic (exact) mass is 252 g/mol. The molecular weight excluding hydrogens is 236 g/mol. The first-order valence-electron chi connectivity index (χ1n) is 5.51. The van der Waals surface area contributed by atoms with Crippen molar-refractivity contribution in [3.8, 4) is 0 Å². The van der Waals surface area contributed by atoms with Crippen molar-refractivity contribution in [1.29, 1.82) is 0 Å². The summed E-state index contributed by atoms with van der Waals surface area (Å²) >= 11 is 0. The molecule has 18 heavy (non-hydrogen) atoms. The molecule has 0 unspecified atom stereocenters. The van der Waals surface area contributed by atoms with Gasteiger partial charge in [-0.1, -0.05) is 30.3 Å². The zero-order valence-electron chi connectivity index (χ0n) is 10.2. The molecule has 1 aromatic carbocycles. The zero-order chi connectivity index (χ0) is 13.2. The Bertz CT molecular complexity index is 363. The summed E-state index contributed by atoms with van der Waals surface area (Å²) in [5.41, 5.74) is 1.01. The highest BCUT2D eigenvalue weighted by Gasteiger charge is 2.13. The van der Waals surface area contributed by atoms with Gasteiger partial charge in [0.1, 0.15) is 19.2 Å². The van der Waals surface area contributed by atoms with Crippen molar-refractivity contribution in [2.75, 3.05) is 13.9 Å². The Morgan fingerprint density at radius 1 is 1.33 bits per heavy atom. The highest BCUT2D eigenvalue weighted by molar-refractivity contribution is 5.74. The normalized spacial score (nSPS) is 11.8. The van der Waals surface area contributed by atoms with Gasteiger partial charge in [0.25, 0.3) is 0 Å². The van der Waals surface area contributed by atoms with Crippen LogP contribution >= 0.6 is 0 Å². The number of esters is 1. The van der Waals surface area contributed by atoms with Gasteiger partial charge in [0.15, 0.2) is 0 Å². The van der Waals surface area contributed by atoms with Crippen LogP contribution in [0, 0.1) is 0 Å². The molecule has 98 valence electrons. The molecule has 0 aliphatic heterocycles. The first-order chi connectivity index (χ1) is 8.76. The van der Waals surface area contributed by atoms with Gasteiger partial charge in [0, 0.05) is 0 Å². The van der Waals surface area contributed by atoms with Gasteiger partial charge in [-0.3, -0.25) is 4.79 Å². The maximum atomic E-state index is 10.9. The van der Waals surface area contributed by atoms with Gasteiger partial charge in [-0.15, -0.1) is 0 Å². The fourth-order valence-electron chi connectivity index (χ4n) is 1.26. The molecule has 0 aliphatic carbocycles. The quantitative estimate of drug-likeness (QED) is 0.302. The number of methoxy groups -OCH3 is 1. The highest BCUT2D eigenvalue weighted by atomic mass is 16.7. The molecule has 5 nitrogen and oxygen atoms in total. The van der Waals surface area contributed by atoms with Crippen LogP contribution < -0.4 is 0 Å². The van der Waals surface area contributed by atoms with Crippen molar-refractivity contribution in [2.24, 2.45) is 0 Å². The summed E-state index contributed by atoms with van der Waals surface area (Å²) in [6.07, 6.45) is -0.370. The lowest BCUT2D eigenvalue weighted by Gasteiger charge is -2.11. The van der Waals surface area contributed by atoms with E-state index >= 15 is 0 Å². The van der Waals surface area contributed by atoms with Crippen LogP contribution in [0.2, 0.25) is 0 Å². The second-order valence-corrected chi connectivity index (χ2v) is 3.57. The van der Waals surface area contributed by atoms with Crippen LogP contribution in [-0.2, 0) is 30.4 Å². The number of rotatable bonds is 8. The number of carbonyl (C=O) groups is 2. The van der Waals surface area contributed by atoms with E-state index in [0.29, 0.717) is 12.9 Å². The average Bonchev–Trinajstić information content (AvgIpc) is 2.43. The Hall–Kier alpha value is -1.72. The van der Waals surface area contributed by atoms with Crippen LogP contribution in [0.25, 0.3) is 0 Å². The molecule has 0 spiro atoms. The van der Waals surface area contributed by atoms with E-state index in [-0.39, 0.29) is 13.2 Å².